The van der Waals surface area contributed by atoms with Crippen molar-refractivity contribution < 1.29 is 32.2 Å². The summed E-state index contributed by atoms with van der Waals surface area (Å²) >= 11 is 0. The molecule has 198 valence electrons. The van der Waals surface area contributed by atoms with E-state index in [1.807, 2.05) is 13.0 Å². The zero-order valence-corrected chi connectivity index (χ0v) is 20.3. The Kier molecular flexibility index (Phi) is 6.60. The number of aryl methyl sites for hydroxylation is 1. The van der Waals surface area contributed by atoms with E-state index in [2.05, 4.69) is 15.6 Å². The average Bonchev–Trinajstić information content (AvgIpc) is 3.55. The minimum Gasteiger partial charge on any atom is -0.505 e. The molecule has 0 radical (unpaired) electrons. The summed E-state index contributed by atoms with van der Waals surface area (Å²) in [5.74, 6) is -1.24. The van der Waals surface area contributed by atoms with Gasteiger partial charge in [0.1, 0.15) is 23.3 Å². The van der Waals surface area contributed by atoms with Crippen molar-refractivity contribution in [1.29, 1.82) is 0 Å². The van der Waals surface area contributed by atoms with Crippen LogP contribution < -0.4 is 15.4 Å². The number of hydrogen-bond donors (Lipinski definition) is 3. The second-order valence-corrected chi connectivity index (χ2v) is 9.21. The topological polar surface area (TPSA) is 88.4 Å². The van der Waals surface area contributed by atoms with Crippen LogP contribution in [0.4, 0.5) is 23.2 Å². The van der Waals surface area contributed by atoms with Crippen LogP contribution in [0, 0.1) is 12.7 Å². The molecular weight excluding hydrogens is 504 g/mol. The number of rotatable bonds is 8. The molecule has 0 unspecified atom stereocenters. The summed E-state index contributed by atoms with van der Waals surface area (Å²) in [7, 11) is 0. The molecule has 0 saturated heterocycles. The normalized spacial score (nSPS) is 13.5. The van der Waals surface area contributed by atoms with E-state index < -0.39 is 24.2 Å². The number of nitrogens with zero attached hydrogens (tertiary/aromatic N) is 2. The van der Waals surface area contributed by atoms with Gasteiger partial charge in [0.15, 0.2) is 11.6 Å². The maximum Gasteiger partial charge on any atom is 0.390 e. The molecule has 1 aliphatic carbocycles. The van der Waals surface area contributed by atoms with Crippen molar-refractivity contribution >= 4 is 22.6 Å². The summed E-state index contributed by atoms with van der Waals surface area (Å²) in [5, 5.41) is 15.2. The lowest BCUT2D eigenvalue weighted by molar-refractivity contribution is -0.131. The fourth-order valence-corrected chi connectivity index (χ4v) is 4.06. The molecule has 1 heterocycles. The maximum absolute atomic E-state index is 13.8. The number of halogens is 4. The molecule has 5 rings (SSSR count). The van der Waals surface area contributed by atoms with Crippen molar-refractivity contribution in [3.05, 3.63) is 71.8 Å². The number of anilines is 1. The number of fused-ring (bicyclic) bond motifs is 1. The molecule has 1 fully saturated rings. The molecule has 0 bridgehead atoms. The minimum atomic E-state index is -4.34. The zero-order chi connectivity index (χ0) is 27.0. The molecule has 0 spiro atoms. The highest BCUT2D eigenvalue weighted by Crippen LogP contribution is 2.34. The van der Waals surface area contributed by atoms with Gasteiger partial charge in [-0.1, -0.05) is 0 Å². The number of aromatic hydroxyl groups is 1. The lowest BCUT2D eigenvalue weighted by atomic mass is 10.1. The van der Waals surface area contributed by atoms with E-state index in [-0.39, 0.29) is 30.0 Å². The van der Waals surface area contributed by atoms with Gasteiger partial charge in [-0.2, -0.15) is 13.2 Å². The largest absolute Gasteiger partial charge is 0.505 e. The third kappa shape index (κ3) is 5.66. The summed E-state index contributed by atoms with van der Waals surface area (Å²) < 4.78 is 59.6. The Morgan fingerprint density at radius 1 is 1.13 bits per heavy atom. The van der Waals surface area contributed by atoms with Gasteiger partial charge in [-0.15, -0.1) is 0 Å². The number of ether oxygens (including phenoxy) is 1. The van der Waals surface area contributed by atoms with Gasteiger partial charge in [-0.3, -0.25) is 9.36 Å². The highest BCUT2D eigenvalue weighted by molar-refractivity contribution is 5.96. The second kappa shape index (κ2) is 9.88. The maximum atomic E-state index is 13.8. The summed E-state index contributed by atoms with van der Waals surface area (Å²) in [6, 6.07) is 12.1. The van der Waals surface area contributed by atoms with Crippen LogP contribution in [0.15, 0.2) is 54.9 Å². The van der Waals surface area contributed by atoms with E-state index in [0.717, 1.165) is 30.5 Å². The fraction of sp³-hybridized carbons (Fsp3) is 0.259. The predicted octanol–water partition coefficient (Wildman–Crippen LogP) is 6.23. The van der Waals surface area contributed by atoms with Crippen LogP contribution in [0.1, 0.15) is 35.2 Å². The number of carbonyl (C=O) groups excluding carboxylic acids is 1. The van der Waals surface area contributed by atoms with Crippen molar-refractivity contribution in [2.24, 2.45) is 0 Å². The molecule has 1 aliphatic rings. The first-order valence-electron chi connectivity index (χ1n) is 12.0. The molecule has 3 N–H and O–H groups in total. The summed E-state index contributed by atoms with van der Waals surface area (Å²) in [6.45, 7) is 1.44. The molecule has 3 aromatic carbocycles. The number of alkyl halides is 3. The summed E-state index contributed by atoms with van der Waals surface area (Å²) in [5.41, 5.74) is 3.21. The minimum absolute atomic E-state index is 0.0915. The van der Waals surface area contributed by atoms with Gasteiger partial charge in [0, 0.05) is 42.0 Å². The smallest absolute Gasteiger partial charge is 0.390 e. The Bertz CT molecular complexity index is 1510. The van der Waals surface area contributed by atoms with Crippen molar-refractivity contribution in [2.75, 3.05) is 11.9 Å². The summed E-state index contributed by atoms with van der Waals surface area (Å²) in [6.07, 6.45) is -1.90. The molecular formula is C27H24F4N4O3. The van der Waals surface area contributed by atoms with Crippen molar-refractivity contribution in [1.82, 2.24) is 14.9 Å². The van der Waals surface area contributed by atoms with Gasteiger partial charge < -0.3 is 20.5 Å². The van der Waals surface area contributed by atoms with Gasteiger partial charge >= 0.3 is 6.18 Å². The van der Waals surface area contributed by atoms with E-state index in [0.29, 0.717) is 28.0 Å². The fourth-order valence-electron chi connectivity index (χ4n) is 4.06. The van der Waals surface area contributed by atoms with Crippen LogP contribution in [0.25, 0.3) is 16.7 Å². The number of phenolic OH excluding ortho intramolecular Hbond substituents is 1. The Morgan fingerprint density at radius 3 is 2.61 bits per heavy atom. The average molecular weight is 529 g/mol. The number of nitrogens with one attached hydrogen (secondary N) is 2. The van der Waals surface area contributed by atoms with Crippen LogP contribution in [0.5, 0.6) is 17.2 Å². The Morgan fingerprint density at radius 2 is 1.92 bits per heavy atom. The van der Waals surface area contributed by atoms with Crippen LogP contribution in [0.3, 0.4) is 0 Å². The number of carbonyl (C=O) groups is 1. The standard InChI is InChI=1S/C27H24F4N4O3/c1-15-10-17(4-6-20(15)26(37)34-16-2-3-16)35-14-33-25-22(32-9-8-27(29,30)31)12-19(13-23(25)35)38-18-5-7-24(36)21(28)11-18/h4-7,10-14,16,32,36H,2-3,8-9H2,1H3,(H,34,37). The number of phenols is 1. The third-order valence-electron chi connectivity index (χ3n) is 6.15. The Balaban J connectivity index is 1.51. The van der Waals surface area contributed by atoms with Crippen LogP contribution in [0.2, 0.25) is 0 Å². The lowest BCUT2D eigenvalue weighted by Gasteiger charge is -2.14. The highest BCUT2D eigenvalue weighted by Gasteiger charge is 2.27. The first-order valence-corrected chi connectivity index (χ1v) is 12.0. The van der Waals surface area contributed by atoms with Crippen LogP contribution in [-0.4, -0.2) is 39.3 Å². The number of benzene rings is 3. The van der Waals surface area contributed by atoms with Gasteiger partial charge in [0.2, 0.25) is 0 Å². The Hall–Kier alpha value is -4.28. The monoisotopic (exact) mass is 528 g/mol. The highest BCUT2D eigenvalue weighted by atomic mass is 19.4. The quantitative estimate of drug-likeness (QED) is 0.236. The Labute approximate surface area is 215 Å². The van der Waals surface area contributed by atoms with Gasteiger partial charge in [0.05, 0.1) is 17.6 Å². The number of aromatic nitrogens is 2. The van der Waals surface area contributed by atoms with Gasteiger partial charge in [-0.25, -0.2) is 9.37 Å². The van der Waals surface area contributed by atoms with Gasteiger partial charge in [0.25, 0.3) is 5.91 Å². The SMILES string of the molecule is Cc1cc(-n2cnc3c(NCCC(F)(F)F)cc(Oc4ccc(O)c(F)c4)cc32)ccc1C(=O)NC1CC1. The molecule has 7 nitrogen and oxygen atoms in total. The van der Waals surface area contributed by atoms with Crippen molar-refractivity contribution in [3.63, 3.8) is 0 Å². The van der Waals surface area contributed by atoms with Crippen molar-refractivity contribution in [3.8, 4) is 22.9 Å². The van der Waals surface area contributed by atoms with E-state index in [1.54, 1.807) is 22.8 Å². The summed E-state index contributed by atoms with van der Waals surface area (Å²) in [4.78, 5) is 16.9. The number of imidazole rings is 1. The molecule has 1 aromatic heterocycles. The molecule has 0 aliphatic heterocycles. The van der Waals surface area contributed by atoms with Crippen LogP contribution >= 0.6 is 0 Å². The number of hydrogen-bond acceptors (Lipinski definition) is 5. The van der Waals surface area contributed by atoms with Gasteiger partial charge in [-0.05, 0) is 55.7 Å². The lowest BCUT2D eigenvalue weighted by Crippen LogP contribution is -2.26. The molecule has 11 heteroatoms. The first-order chi connectivity index (χ1) is 18.1. The van der Waals surface area contributed by atoms with E-state index in [1.165, 1.54) is 18.5 Å². The zero-order valence-electron chi connectivity index (χ0n) is 20.3. The second-order valence-electron chi connectivity index (χ2n) is 9.21. The molecule has 38 heavy (non-hydrogen) atoms. The van der Waals surface area contributed by atoms with Crippen molar-refractivity contribution in [2.45, 2.75) is 38.4 Å². The molecule has 0 atom stereocenters. The first kappa shape index (κ1) is 25.4. The molecule has 1 saturated carbocycles. The van der Waals surface area contributed by atoms with Crippen LogP contribution in [-0.2, 0) is 0 Å². The van der Waals surface area contributed by atoms with E-state index in [9.17, 15) is 27.5 Å². The molecule has 1 amide bonds. The van der Waals surface area contributed by atoms with E-state index in [4.69, 9.17) is 4.74 Å². The molecule has 4 aromatic rings. The number of amides is 1. The third-order valence-corrected chi connectivity index (χ3v) is 6.15. The predicted molar refractivity (Wildman–Crippen MR) is 134 cm³/mol. The van der Waals surface area contributed by atoms with E-state index >= 15 is 0 Å².